The summed E-state index contributed by atoms with van der Waals surface area (Å²) in [7, 11) is 0. The second-order valence-corrected chi connectivity index (χ2v) is 6.07. The molecule has 0 bridgehead atoms. The second kappa shape index (κ2) is 7.77. The summed E-state index contributed by atoms with van der Waals surface area (Å²) in [5, 5.41) is 5.63. The van der Waals surface area contributed by atoms with Crippen molar-refractivity contribution in [2.45, 2.75) is 6.10 Å². The number of pyridine rings is 1. The average molecular weight is 379 g/mol. The predicted octanol–water partition coefficient (Wildman–Crippen LogP) is 1.89. The molecule has 2 heterocycles. The molecule has 0 saturated carbocycles. The number of amides is 2. The molecule has 1 unspecified atom stereocenters. The summed E-state index contributed by atoms with van der Waals surface area (Å²) in [5.74, 6) is -1.86. The number of nitrogens with one attached hydrogen (secondary N) is 2. The van der Waals surface area contributed by atoms with E-state index in [-0.39, 0.29) is 28.2 Å². The van der Waals surface area contributed by atoms with E-state index in [1.54, 1.807) is 12.1 Å². The maximum absolute atomic E-state index is 14.4. The van der Waals surface area contributed by atoms with Gasteiger partial charge in [0.15, 0.2) is 0 Å². The van der Waals surface area contributed by atoms with Gasteiger partial charge in [0.05, 0.1) is 12.7 Å². The summed E-state index contributed by atoms with van der Waals surface area (Å²) in [6.07, 6.45) is -0.370. The highest BCUT2D eigenvalue weighted by Crippen LogP contribution is 2.24. The van der Waals surface area contributed by atoms with E-state index in [0.717, 1.165) is 6.54 Å². The van der Waals surface area contributed by atoms with Gasteiger partial charge in [-0.25, -0.2) is 9.37 Å². The SMILES string of the molecule is NC(=O)c1cc(C(=O)Nc2ccc(C3CNCCO3)c(F)c2)cc(Cl)n1. The Morgan fingerprint density at radius 1 is 1.35 bits per heavy atom. The molecule has 2 amide bonds. The van der Waals surface area contributed by atoms with Crippen LogP contribution < -0.4 is 16.4 Å². The molecule has 1 fully saturated rings. The van der Waals surface area contributed by atoms with Crippen LogP contribution in [0.25, 0.3) is 0 Å². The molecule has 136 valence electrons. The molecule has 26 heavy (non-hydrogen) atoms. The van der Waals surface area contributed by atoms with Crippen LogP contribution in [0.5, 0.6) is 0 Å². The number of carbonyl (C=O) groups excluding carboxylic acids is 2. The maximum Gasteiger partial charge on any atom is 0.267 e. The van der Waals surface area contributed by atoms with Gasteiger partial charge in [-0.15, -0.1) is 0 Å². The van der Waals surface area contributed by atoms with Crippen molar-refractivity contribution in [2.75, 3.05) is 25.0 Å². The van der Waals surface area contributed by atoms with Gasteiger partial charge in [-0.3, -0.25) is 9.59 Å². The van der Waals surface area contributed by atoms with Crippen LogP contribution >= 0.6 is 11.6 Å². The van der Waals surface area contributed by atoms with Gasteiger partial charge in [-0.2, -0.15) is 0 Å². The standard InChI is InChI=1S/C17H16ClFN4O3/c18-15-6-9(5-13(23-15)16(20)24)17(25)22-10-1-2-11(12(19)7-10)14-8-21-3-4-26-14/h1-2,5-7,14,21H,3-4,8H2,(H2,20,24)(H,22,25). The first-order valence-corrected chi connectivity index (χ1v) is 8.22. The van der Waals surface area contributed by atoms with Crippen LogP contribution in [0, 0.1) is 5.82 Å². The van der Waals surface area contributed by atoms with Gasteiger partial charge in [0.1, 0.15) is 16.7 Å². The molecule has 1 aromatic heterocycles. The Kier molecular flexibility index (Phi) is 5.46. The first kappa shape index (κ1) is 18.2. The third-order valence-corrected chi connectivity index (χ3v) is 4.04. The maximum atomic E-state index is 14.4. The molecule has 9 heteroatoms. The summed E-state index contributed by atoms with van der Waals surface area (Å²) in [5.41, 5.74) is 5.78. The molecule has 3 rings (SSSR count). The normalized spacial score (nSPS) is 16.9. The fourth-order valence-electron chi connectivity index (χ4n) is 2.59. The quantitative estimate of drug-likeness (QED) is 0.704. The van der Waals surface area contributed by atoms with Gasteiger partial charge in [0, 0.05) is 29.9 Å². The number of nitrogens with two attached hydrogens (primary N) is 1. The number of halogens is 2. The van der Waals surface area contributed by atoms with E-state index >= 15 is 0 Å². The summed E-state index contributed by atoms with van der Waals surface area (Å²) in [6.45, 7) is 1.76. The van der Waals surface area contributed by atoms with Gasteiger partial charge in [-0.1, -0.05) is 17.7 Å². The number of morpholine rings is 1. The minimum absolute atomic E-state index is 0.0464. The van der Waals surface area contributed by atoms with Crippen molar-refractivity contribution in [1.82, 2.24) is 10.3 Å². The van der Waals surface area contributed by atoms with Crippen LogP contribution in [0.15, 0.2) is 30.3 Å². The number of hydrogen-bond donors (Lipinski definition) is 3. The molecule has 1 aromatic carbocycles. The van der Waals surface area contributed by atoms with E-state index in [9.17, 15) is 14.0 Å². The summed E-state index contributed by atoms with van der Waals surface area (Å²) >= 11 is 5.79. The molecule has 7 nitrogen and oxygen atoms in total. The van der Waals surface area contributed by atoms with Crippen LogP contribution in [-0.4, -0.2) is 36.5 Å². The fraction of sp³-hybridized carbons (Fsp3) is 0.235. The smallest absolute Gasteiger partial charge is 0.267 e. The zero-order valence-electron chi connectivity index (χ0n) is 13.6. The fourth-order valence-corrected chi connectivity index (χ4v) is 2.80. The van der Waals surface area contributed by atoms with E-state index in [2.05, 4.69) is 15.6 Å². The molecular formula is C17H16ClFN4O3. The average Bonchev–Trinajstić information content (AvgIpc) is 2.62. The summed E-state index contributed by atoms with van der Waals surface area (Å²) in [4.78, 5) is 27.3. The van der Waals surface area contributed by atoms with E-state index < -0.39 is 17.6 Å². The number of carbonyl (C=O) groups is 2. The van der Waals surface area contributed by atoms with Crippen molar-refractivity contribution in [3.63, 3.8) is 0 Å². The molecule has 4 N–H and O–H groups in total. The molecule has 1 saturated heterocycles. The number of aromatic nitrogens is 1. The minimum Gasteiger partial charge on any atom is -0.371 e. The molecule has 0 aliphatic carbocycles. The molecule has 1 aliphatic rings. The largest absolute Gasteiger partial charge is 0.371 e. The Bertz CT molecular complexity index is 856. The number of primary amides is 1. The Hall–Kier alpha value is -2.55. The van der Waals surface area contributed by atoms with Crippen molar-refractivity contribution in [3.05, 3.63) is 58.1 Å². The van der Waals surface area contributed by atoms with E-state index in [0.29, 0.717) is 18.7 Å². The Labute approximate surface area is 153 Å². The first-order valence-electron chi connectivity index (χ1n) is 7.84. The molecule has 0 spiro atoms. The first-order chi connectivity index (χ1) is 12.4. The molecular weight excluding hydrogens is 363 g/mol. The second-order valence-electron chi connectivity index (χ2n) is 5.68. The van der Waals surface area contributed by atoms with E-state index in [4.69, 9.17) is 22.1 Å². The third kappa shape index (κ3) is 4.16. The number of ether oxygens (including phenoxy) is 1. The van der Waals surface area contributed by atoms with Crippen LogP contribution in [0.1, 0.15) is 32.5 Å². The predicted molar refractivity (Wildman–Crippen MR) is 93.7 cm³/mol. The molecule has 1 atom stereocenters. The summed E-state index contributed by atoms with van der Waals surface area (Å²) < 4.78 is 19.9. The van der Waals surface area contributed by atoms with Crippen molar-refractivity contribution < 1.29 is 18.7 Å². The topological polar surface area (TPSA) is 106 Å². The molecule has 1 aliphatic heterocycles. The number of benzene rings is 1. The summed E-state index contributed by atoms with van der Waals surface area (Å²) in [6, 6.07) is 6.86. The Morgan fingerprint density at radius 2 is 2.15 bits per heavy atom. The highest BCUT2D eigenvalue weighted by atomic mass is 35.5. The van der Waals surface area contributed by atoms with Gasteiger partial charge < -0.3 is 21.1 Å². The van der Waals surface area contributed by atoms with Crippen LogP contribution in [0.2, 0.25) is 5.15 Å². The number of nitrogens with zero attached hydrogens (tertiary/aromatic N) is 1. The van der Waals surface area contributed by atoms with Crippen molar-refractivity contribution in [2.24, 2.45) is 5.73 Å². The van der Waals surface area contributed by atoms with Crippen molar-refractivity contribution in [1.29, 1.82) is 0 Å². The number of hydrogen-bond acceptors (Lipinski definition) is 5. The Morgan fingerprint density at radius 3 is 2.81 bits per heavy atom. The van der Waals surface area contributed by atoms with Gasteiger partial charge >= 0.3 is 0 Å². The Balaban J connectivity index is 1.77. The van der Waals surface area contributed by atoms with Gasteiger partial charge in [0.2, 0.25) is 0 Å². The third-order valence-electron chi connectivity index (χ3n) is 3.84. The lowest BCUT2D eigenvalue weighted by molar-refractivity contribution is 0.0255. The lowest BCUT2D eigenvalue weighted by atomic mass is 10.1. The highest BCUT2D eigenvalue weighted by molar-refractivity contribution is 6.30. The van der Waals surface area contributed by atoms with Crippen LogP contribution in [0.4, 0.5) is 10.1 Å². The lowest BCUT2D eigenvalue weighted by Crippen LogP contribution is -2.33. The van der Waals surface area contributed by atoms with Gasteiger partial charge in [-0.05, 0) is 24.3 Å². The molecule has 2 aromatic rings. The van der Waals surface area contributed by atoms with Crippen LogP contribution in [-0.2, 0) is 4.74 Å². The lowest BCUT2D eigenvalue weighted by Gasteiger charge is -2.24. The highest BCUT2D eigenvalue weighted by Gasteiger charge is 2.20. The van der Waals surface area contributed by atoms with Gasteiger partial charge in [0.25, 0.3) is 11.8 Å². The van der Waals surface area contributed by atoms with Crippen molar-refractivity contribution in [3.8, 4) is 0 Å². The van der Waals surface area contributed by atoms with Crippen LogP contribution in [0.3, 0.4) is 0 Å². The van der Waals surface area contributed by atoms with Crippen molar-refractivity contribution >= 4 is 29.1 Å². The minimum atomic E-state index is -0.807. The molecule has 0 radical (unpaired) electrons. The monoisotopic (exact) mass is 378 g/mol. The zero-order chi connectivity index (χ0) is 18.7. The van der Waals surface area contributed by atoms with E-state index in [1.165, 1.54) is 18.2 Å². The number of rotatable bonds is 4. The number of anilines is 1. The van der Waals surface area contributed by atoms with E-state index in [1.807, 2.05) is 0 Å². The zero-order valence-corrected chi connectivity index (χ0v) is 14.3.